The van der Waals surface area contributed by atoms with E-state index in [1.165, 1.54) is 35.9 Å². The van der Waals surface area contributed by atoms with Crippen molar-refractivity contribution in [1.82, 2.24) is 9.97 Å². The predicted octanol–water partition coefficient (Wildman–Crippen LogP) is 2.09. The lowest BCUT2D eigenvalue weighted by molar-refractivity contribution is -0.605. The summed E-state index contributed by atoms with van der Waals surface area (Å²) in [4.78, 5) is 20.4. The summed E-state index contributed by atoms with van der Waals surface area (Å²) in [5, 5.41) is 16.0. The van der Waals surface area contributed by atoms with E-state index in [-0.39, 0.29) is 5.91 Å². The molecule has 104 valence electrons. The van der Waals surface area contributed by atoms with E-state index in [1.807, 2.05) is 17.5 Å². The van der Waals surface area contributed by atoms with Crippen molar-refractivity contribution < 1.29 is 9.52 Å². The van der Waals surface area contributed by atoms with Crippen molar-refractivity contribution in [3.8, 4) is 11.3 Å². The highest BCUT2D eigenvalue weighted by Crippen LogP contribution is 2.24. The van der Waals surface area contributed by atoms with Gasteiger partial charge in [0.1, 0.15) is 0 Å². The Bertz CT molecular complexity index is 756. The Hall–Kier alpha value is -2.80. The SMILES string of the molecule is O=C(Nc1nc(-c2cccnc2)cs1)c1cc[n+]([O-])cc1. The summed E-state index contributed by atoms with van der Waals surface area (Å²) in [5.74, 6) is -0.303. The standard InChI is InChI=1S/C14H10N4O2S/c19-13(10-3-6-18(20)7-4-10)17-14-16-12(9-21-14)11-2-1-5-15-8-11/h1-9H,(H,16,17,19). The molecule has 6 nitrogen and oxygen atoms in total. The van der Waals surface area contributed by atoms with Crippen LogP contribution in [0.15, 0.2) is 54.4 Å². The van der Waals surface area contributed by atoms with Crippen molar-refractivity contribution in [2.24, 2.45) is 0 Å². The molecule has 0 bridgehead atoms. The van der Waals surface area contributed by atoms with Crippen molar-refractivity contribution in [2.45, 2.75) is 0 Å². The monoisotopic (exact) mass is 298 g/mol. The second-order valence-corrected chi connectivity index (χ2v) is 5.04. The molecule has 0 saturated carbocycles. The Morgan fingerprint density at radius 3 is 2.81 bits per heavy atom. The van der Waals surface area contributed by atoms with Gasteiger partial charge in [-0.05, 0) is 12.1 Å². The summed E-state index contributed by atoms with van der Waals surface area (Å²) < 4.78 is 0.626. The van der Waals surface area contributed by atoms with Crippen molar-refractivity contribution in [2.75, 3.05) is 5.32 Å². The molecule has 0 fully saturated rings. The normalized spacial score (nSPS) is 10.3. The zero-order valence-corrected chi connectivity index (χ0v) is 11.6. The fourth-order valence-electron chi connectivity index (χ4n) is 1.71. The highest BCUT2D eigenvalue weighted by molar-refractivity contribution is 7.14. The van der Waals surface area contributed by atoms with Crippen LogP contribution in [0.1, 0.15) is 10.4 Å². The van der Waals surface area contributed by atoms with Gasteiger partial charge in [0.2, 0.25) is 0 Å². The summed E-state index contributed by atoms with van der Waals surface area (Å²) in [7, 11) is 0. The van der Waals surface area contributed by atoms with Crippen molar-refractivity contribution in [3.63, 3.8) is 0 Å². The molecular formula is C14H10N4O2S. The molecule has 0 spiro atoms. The van der Waals surface area contributed by atoms with Crippen LogP contribution in [0.3, 0.4) is 0 Å². The minimum Gasteiger partial charge on any atom is -0.619 e. The van der Waals surface area contributed by atoms with E-state index in [1.54, 1.807) is 12.4 Å². The third-order valence-corrected chi connectivity index (χ3v) is 3.50. The quantitative estimate of drug-likeness (QED) is 0.593. The third-order valence-electron chi connectivity index (χ3n) is 2.75. The maximum Gasteiger partial charge on any atom is 0.257 e. The molecule has 0 saturated heterocycles. The van der Waals surface area contributed by atoms with Crippen molar-refractivity contribution >= 4 is 22.4 Å². The fraction of sp³-hybridized carbons (Fsp3) is 0. The number of amides is 1. The third kappa shape index (κ3) is 3.03. The van der Waals surface area contributed by atoms with Gasteiger partial charge in [-0.15, -0.1) is 11.3 Å². The summed E-state index contributed by atoms with van der Waals surface area (Å²) in [6.07, 6.45) is 5.96. The van der Waals surface area contributed by atoms with Gasteiger partial charge in [0.15, 0.2) is 17.5 Å². The first kappa shape index (κ1) is 13.2. The molecule has 1 amide bonds. The average molecular weight is 298 g/mol. The molecule has 0 aliphatic heterocycles. The van der Waals surface area contributed by atoms with Gasteiger partial charge in [0.25, 0.3) is 5.91 Å². The number of hydrogen-bond acceptors (Lipinski definition) is 5. The summed E-state index contributed by atoms with van der Waals surface area (Å²) in [6, 6.07) is 6.64. The van der Waals surface area contributed by atoms with Gasteiger partial charge < -0.3 is 5.21 Å². The lowest BCUT2D eigenvalue weighted by Crippen LogP contribution is -2.25. The van der Waals surface area contributed by atoms with Gasteiger partial charge in [-0.3, -0.25) is 15.1 Å². The van der Waals surface area contributed by atoms with Crippen LogP contribution < -0.4 is 10.0 Å². The molecule has 7 heteroatoms. The zero-order valence-electron chi connectivity index (χ0n) is 10.8. The molecule has 3 aromatic heterocycles. The van der Waals surface area contributed by atoms with Gasteiger partial charge in [-0.2, -0.15) is 4.73 Å². The number of anilines is 1. The number of hydrogen-bond donors (Lipinski definition) is 1. The molecule has 3 rings (SSSR count). The van der Waals surface area contributed by atoms with Crippen LogP contribution in [-0.4, -0.2) is 15.9 Å². The molecule has 0 aliphatic carbocycles. The van der Waals surface area contributed by atoms with E-state index in [0.29, 0.717) is 15.4 Å². The number of aromatic nitrogens is 3. The number of thiazole rings is 1. The first-order valence-electron chi connectivity index (χ1n) is 6.08. The Labute approximate surface area is 124 Å². The number of carbonyl (C=O) groups excluding carboxylic acids is 1. The van der Waals surface area contributed by atoms with Crippen LogP contribution in [0.2, 0.25) is 0 Å². The van der Waals surface area contributed by atoms with E-state index in [2.05, 4.69) is 15.3 Å². The zero-order chi connectivity index (χ0) is 14.7. The molecule has 0 unspecified atom stereocenters. The van der Waals surface area contributed by atoms with Crippen LogP contribution in [0, 0.1) is 5.21 Å². The van der Waals surface area contributed by atoms with Crippen molar-refractivity contribution in [1.29, 1.82) is 0 Å². The van der Waals surface area contributed by atoms with E-state index < -0.39 is 0 Å². The molecule has 3 aromatic rings. The van der Waals surface area contributed by atoms with E-state index in [9.17, 15) is 10.0 Å². The van der Waals surface area contributed by atoms with Gasteiger partial charge in [-0.25, -0.2) is 4.98 Å². The topological polar surface area (TPSA) is 81.8 Å². The van der Waals surface area contributed by atoms with Gasteiger partial charge >= 0.3 is 0 Å². The van der Waals surface area contributed by atoms with Crippen LogP contribution in [-0.2, 0) is 0 Å². The van der Waals surface area contributed by atoms with Gasteiger partial charge in [0.05, 0.1) is 11.3 Å². The Balaban J connectivity index is 1.75. The Morgan fingerprint density at radius 2 is 2.10 bits per heavy atom. The number of rotatable bonds is 3. The van der Waals surface area contributed by atoms with Crippen LogP contribution in [0.25, 0.3) is 11.3 Å². The first-order valence-corrected chi connectivity index (χ1v) is 6.96. The lowest BCUT2D eigenvalue weighted by atomic mass is 10.2. The molecule has 0 aliphatic rings. The van der Waals surface area contributed by atoms with Crippen LogP contribution in [0.4, 0.5) is 5.13 Å². The number of carbonyl (C=O) groups is 1. The maximum atomic E-state index is 12.0. The number of nitrogens with zero attached hydrogens (tertiary/aromatic N) is 3. The largest absolute Gasteiger partial charge is 0.619 e. The van der Waals surface area contributed by atoms with Crippen LogP contribution in [0.5, 0.6) is 0 Å². The second-order valence-electron chi connectivity index (χ2n) is 4.18. The Kier molecular flexibility index (Phi) is 3.57. The molecular weight excluding hydrogens is 288 g/mol. The number of nitrogens with one attached hydrogen (secondary N) is 1. The average Bonchev–Trinajstić information content (AvgIpc) is 2.97. The first-order chi connectivity index (χ1) is 10.2. The van der Waals surface area contributed by atoms with E-state index >= 15 is 0 Å². The second kappa shape index (κ2) is 5.68. The van der Waals surface area contributed by atoms with Gasteiger partial charge in [-0.1, -0.05) is 0 Å². The smallest absolute Gasteiger partial charge is 0.257 e. The summed E-state index contributed by atoms with van der Waals surface area (Å²) >= 11 is 1.33. The Morgan fingerprint density at radius 1 is 1.29 bits per heavy atom. The predicted molar refractivity (Wildman–Crippen MR) is 78.7 cm³/mol. The van der Waals surface area contributed by atoms with Crippen molar-refractivity contribution in [3.05, 3.63) is 65.2 Å². The summed E-state index contributed by atoms with van der Waals surface area (Å²) in [5.41, 5.74) is 2.05. The molecule has 0 atom stereocenters. The maximum absolute atomic E-state index is 12.0. The fourth-order valence-corrected chi connectivity index (χ4v) is 2.43. The highest BCUT2D eigenvalue weighted by Gasteiger charge is 2.10. The number of pyridine rings is 2. The molecule has 0 aromatic carbocycles. The minimum atomic E-state index is -0.303. The highest BCUT2D eigenvalue weighted by atomic mass is 32.1. The molecule has 21 heavy (non-hydrogen) atoms. The molecule has 3 heterocycles. The van der Waals surface area contributed by atoms with Gasteiger partial charge in [0, 0.05) is 35.5 Å². The molecule has 0 radical (unpaired) electrons. The van der Waals surface area contributed by atoms with E-state index in [4.69, 9.17) is 0 Å². The lowest BCUT2D eigenvalue weighted by Gasteiger charge is -2.01. The van der Waals surface area contributed by atoms with E-state index in [0.717, 1.165) is 11.3 Å². The molecule has 1 N–H and O–H groups in total. The minimum absolute atomic E-state index is 0.303. The van der Waals surface area contributed by atoms with Crippen LogP contribution >= 0.6 is 11.3 Å². The summed E-state index contributed by atoms with van der Waals surface area (Å²) in [6.45, 7) is 0.